The molecule has 4 aromatic rings. The SMILES string of the molecule is [CH2-]c1ccc2c(ccc3c4ccccc4n(C)c23)c1.[Y]. The molecule has 0 bridgehead atoms. The van der Waals surface area contributed by atoms with Gasteiger partial charge in [0, 0.05) is 56.0 Å². The second-order valence-electron chi connectivity index (χ2n) is 5.09. The third-order valence-electron chi connectivity index (χ3n) is 3.95. The Hall–Kier alpha value is -1.31. The maximum atomic E-state index is 4.01. The van der Waals surface area contributed by atoms with Crippen LogP contribution in [0.4, 0.5) is 0 Å². The Labute approximate surface area is 143 Å². The molecule has 1 nitrogen and oxygen atoms in total. The standard InChI is InChI=1S/C18H14N.Y/c1-12-7-9-14-13(11-12)8-10-16-15-5-3-4-6-17(15)19(2)18(14)16;/h3-11H,1H2,2H3;/q-1;. The molecule has 2 heteroatoms. The molecule has 0 N–H and O–H groups in total. The number of rotatable bonds is 0. The fourth-order valence-corrected chi connectivity index (χ4v) is 3.06. The first-order valence-electron chi connectivity index (χ1n) is 6.47. The van der Waals surface area contributed by atoms with Gasteiger partial charge in [-0.1, -0.05) is 35.7 Å². The minimum Gasteiger partial charge on any atom is -0.343 e. The number of hydrogen-bond acceptors (Lipinski definition) is 0. The molecule has 1 heterocycles. The second kappa shape index (κ2) is 4.91. The minimum absolute atomic E-state index is 0. The van der Waals surface area contributed by atoms with E-state index in [1.54, 1.807) is 0 Å². The molecule has 0 atom stereocenters. The molecule has 20 heavy (non-hydrogen) atoms. The molecule has 4 rings (SSSR count). The summed E-state index contributed by atoms with van der Waals surface area (Å²) in [6.45, 7) is 4.01. The number of para-hydroxylation sites is 1. The van der Waals surface area contributed by atoms with Gasteiger partial charge < -0.3 is 4.57 Å². The van der Waals surface area contributed by atoms with Gasteiger partial charge in [0.2, 0.25) is 0 Å². The number of aromatic nitrogens is 1. The number of benzene rings is 3. The topological polar surface area (TPSA) is 4.93 Å². The Morgan fingerprint density at radius 2 is 1.60 bits per heavy atom. The van der Waals surface area contributed by atoms with Gasteiger partial charge in [0.15, 0.2) is 0 Å². The van der Waals surface area contributed by atoms with Crippen molar-refractivity contribution in [1.82, 2.24) is 4.57 Å². The molecule has 0 fully saturated rings. The van der Waals surface area contributed by atoms with E-state index < -0.39 is 0 Å². The molecule has 0 aliphatic rings. The van der Waals surface area contributed by atoms with E-state index in [4.69, 9.17) is 0 Å². The average molecular weight is 333 g/mol. The van der Waals surface area contributed by atoms with Crippen LogP contribution in [0, 0.1) is 6.92 Å². The zero-order chi connectivity index (χ0) is 13.0. The van der Waals surface area contributed by atoms with Gasteiger partial charge in [-0.05, 0) is 11.5 Å². The first-order valence-corrected chi connectivity index (χ1v) is 6.47. The van der Waals surface area contributed by atoms with Crippen LogP contribution in [0.15, 0.2) is 54.6 Å². The number of aryl methyl sites for hydroxylation is 1. The van der Waals surface area contributed by atoms with Crippen molar-refractivity contribution in [3.8, 4) is 0 Å². The summed E-state index contributed by atoms with van der Waals surface area (Å²) in [5, 5.41) is 5.19. The fraction of sp³-hybridized carbons (Fsp3) is 0.0556. The van der Waals surface area contributed by atoms with Gasteiger partial charge in [0.25, 0.3) is 0 Å². The van der Waals surface area contributed by atoms with E-state index >= 15 is 0 Å². The summed E-state index contributed by atoms with van der Waals surface area (Å²) in [6.07, 6.45) is 0. The maximum absolute atomic E-state index is 4.01. The number of hydrogen-bond donors (Lipinski definition) is 0. The molecule has 1 radical (unpaired) electrons. The quantitative estimate of drug-likeness (QED) is 0.412. The molecule has 0 aliphatic carbocycles. The van der Waals surface area contributed by atoms with Crippen LogP contribution < -0.4 is 0 Å². The van der Waals surface area contributed by atoms with Gasteiger partial charge in [-0.2, -0.15) is 24.6 Å². The summed E-state index contributed by atoms with van der Waals surface area (Å²) in [5.74, 6) is 0. The molecule has 95 valence electrons. The van der Waals surface area contributed by atoms with Crippen molar-refractivity contribution in [2.75, 3.05) is 0 Å². The predicted molar refractivity (Wildman–Crippen MR) is 82.4 cm³/mol. The fourth-order valence-electron chi connectivity index (χ4n) is 3.06. The maximum Gasteiger partial charge on any atom is 0.0547 e. The van der Waals surface area contributed by atoms with E-state index in [9.17, 15) is 0 Å². The van der Waals surface area contributed by atoms with Crippen LogP contribution >= 0.6 is 0 Å². The van der Waals surface area contributed by atoms with E-state index in [2.05, 4.69) is 73.1 Å². The van der Waals surface area contributed by atoms with Gasteiger partial charge in [-0.3, -0.25) is 0 Å². The van der Waals surface area contributed by atoms with Gasteiger partial charge >= 0.3 is 0 Å². The first kappa shape index (κ1) is 13.7. The summed E-state index contributed by atoms with van der Waals surface area (Å²) in [6, 6.07) is 19.4. The second-order valence-corrected chi connectivity index (χ2v) is 5.09. The van der Waals surface area contributed by atoms with E-state index in [0.29, 0.717) is 0 Å². The van der Waals surface area contributed by atoms with Crippen molar-refractivity contribution in [1.29, 1.82) is 0 Å². The van der Waals surface area contributed by atoms with Gasteiger partial charge in [0.1, 0.15) is 0 Å². The number of fused-ring (bicyclic) bond motifs is 5. The third kappa shape index (κ3) is 1.81. The third-order valence-corrected chi connectivity index (χ3v) is 3.95. The molecule has 0 aliphatic heterocycles. The Kier molecular flexibility index (Phi) is 3.35. The predicted octanol–water partition coefficient (Wildman–Crippen LogP) is 4.66. The zero-order valence-electron chi connectivity index (χ0n) is 11.4. The molecule has 0 unspecified atom stereocenters. The van der Waals surface area contributed by atoms with Crippen LogP contribution in [-0.2, 0) is 39.8 Å². The van der Waals surface area contributed by atoms with Crippen molar-refractivity contribution < 1.29 is 32.7 Å². The largest absolute Gasteiger partial charge is 0.343 e. The minimum atomic E-state index is 0. The summed E-state index contributed by atoms with van der Waals surface area (Å²) in [5.41, 5.74) is 3.65. The molecular formula is C18H14NY-. The smallest absolute Gasteiger partial charge is 0.0547 e. The Morgan fingerprint density at radius 3 is 2.45 bits per heavy atom. The average Bonchev–Trinajstić information content (AvgIpc) is 2.73. The Balaban J connectivity index is 0.00000121. The summed E-state index contributed by atoms with van der Waals surface area (Å²) in [4.78, 5) is 0. The van der Waals surface area contributed by atoms with Crippen LogP contribution in [0.25, 0.3) is 32.6 Å². The van der Waals surface area contributed by atoms with E-state index in [-0.39, 0.29) is 32.7 Å². The van der Waals surface area contributed by atoms with Crippen LogP contribution in [0.3, 0.4) is 0 Å². The summed E-state index contributed by atoms with van der Waals surface area (Å²) >= 11 is 0. The number of nitrogens with zero attached hydrogens (tertiary/aromatic N) is 1. The van der Waals surface area contributed by atoms with Crippen molar-refractivity contribution in [2.45, 2.75) is 0 Å². The van der Waals surface area contributed by atoms with Crippen molar-refractivity contribution in [3.05, 3.63) is 67.1 Å². The molecular weight excluding hydrogens is 319 g/mol. The first-order chi connectivity index (χ1) is 9.25. The van der Waals surface area contributed by atoms with Crippen LogP contribution in [0.2, 0.25) is 0 Å². The summed E-state index contributed by atoms with van der Waals surface area (Å²) in [7, 11) is 2.14. The molecule has 0 amide bonds. The van der Waals surface area contributed by atoms with Crippen molar-refractivity contribution >= 4 is 32.6 Å². The Bertz CT molecular complexity index is 934. The van der Waals surface area contributed by atoms with Gasteiger partial charge in [-0.25, -0.2) is 0 Å². The molecule has 1 aromatic heterocycles. The van der Waals surface area contributed by atoms with Crippen LogP contribution in [-0.4, -0.2) is 4.57 Å². The summed E-state index contributed by atoms with van der Waals surface area (Å²) < 4.78 is 2.29. The molecule has 0 spiro atoms. The van der Waals surface area contributed by atoms with Crippen LogP contribution in [0.5, 0.6) is 0 Å². The normalized spacial score (nSPS) is 11.1. The van der Waals surface area contributed by atoms with Crippen LogP contribution in [0.1, 0.15) is 5.56 Å². The molecule has 0 saturated carbocycles. The van der Waals surface area contributed by atoms with E-state index in [1.807, 2.05) is 0 Å². The van der Waals surface area contributed by atoms with Crippen molar-refractivity contribution in [2.24, 2.45) is 7.05 Å². The Morgan fingerprint density at radius 1 is 0.850 bits per heavy atom. The van der Waals surface area contributed by atoms with Gasteiger partial charge in [-0.15, -0.1) is 6.07 Å². The molecule has 3 aromatic carbocycles. The van der Waals surface area contributed by atoms with E-state index in [1.165, 1.54) is 32.6 Å². The molecule has 0 saturated heterocycles. The zero-order valence-corrected chi connectivity index (χ0v) is 14.3. The monoisotopic (exact) mass is 333 g/mol. The van der Waals surface area contributed by atoms with E-state index in [0.717, 1.165) is 5.56 Å². The van der Waals surface area contributed by atoms with Gasteiger partial charge in [0.05, 0.1) is 5.52 Å². The van der Waals surface area contributed by atoms with Crippen molar-refractivity contribution in [3.63, 3.8) is 0 Å².